The molecule has 1 fully saturated rings. The summed E-state index contributed by atoms with van der Waals surface area (Å²) in [4.78, 5) is 11.9. The summed E-state index contributed by atoms with van der Waals surface area (Å²) in [5.74, 6) is -0.280. The van der Waals surface area contributed by atoms with Crippen molar-refractivity contribution in [2.75, 3.05) is 30.6 Å². The zero-order chi connectivity index (χ0) is 15.3. The van der Waals surface area contributed by atoms with Gasteiger partial charge in [0.2, 0.25) is 0 Å². The minimum Gasteiger partial charge on any atom is -0.376 e. The monoisotopic (exact) mass is 312 g/mol. The highest BCUT2D eigenvalue weighted by Gasteiger charge is 2.16. The Morgan fingerprint density at radius 1 is 1.33 bits per heavy atom. The number of carbonyl (C=O) groups excluding carboxylic acids is 1. The Labute approximate surface area is 124 Å². The van der Waals surface area contributed by atoms with Crippen LogP contribution in [-0.2, 0) is 14.6 Å². The number of benzene rings is 1. The molecule has 2 rings (SSSR count). The molecule has 1 aromatic carbocycles. The molecular weight excluding hydrogens is 292 g/mol. The fraction of sp³-hybridized carbons (Fsp3) is 0.500. The summed E-state index contributed by atoms with van der Waals surface area (Å²) in [5, 5.41) is 5.62. The third kappa shape index (κ3) is 5.35. The first-order valence-corrected chi connectivity index (χ1v) is 8.91. The Kier molecular flexibility index (Phi) is 5.19. The summed E-state index contributed by atoms with van der Waals surface area (Å²) in [5.41, 5.74) is 1.20. The molecule has 0 saturated carbocycles. The van der Waals surface area contributed by atoms with Crippen LogP contribution in [0.3, 0.4) is 0 Å². The number of rotatable bonds is 6. The molecule has 0 bridgehead atoms. The Morgan fingerprint density at radius 2 is 2.05 bits per heavy atom. The Bertz CT molecular complexity index is 577. The molecule has 1 aliphatic rings. The highest BCUT2D eigenvalue weighted by Crippen LogP contribution is 2.12. The molecule has 2 N–H and O–H groups in total. The van der Waals surface area contributed by atoms with E-state index in [4.69, 9.17) is 4.74 Å². The van der Waals surface area contributed by atoms with Gasteiger partial charge in [-0.2, -0.15) is 0 Å². The molecule has 21 heavy (non-hydrogen) atoms. The van der Waals surface area contributed by atoms with Crippen LogP contribution >= 0.6 is 0 Å². The summed E-state index contributed by atoms with van der Waals surface area (Å²) in [7, 11) is -3.07. The zero-order valence-electron chi connectivity index (χ0n) is 12.0. The normalized spacial score (nSPS) is 18.4. The molecule has 1 saturated heterocycles. The molecule has 116 valence electrons. The average molecular weight is 312 g/mol. The quantitative estimate of drug-likeness (QED) is 0.819. The number of hydrogen-bond acceptors (Lipinski definition) is 5. The first-order chi connectivity index (χ1) is 9.94. The van der Waals surface area contributed by atoms with Crippen molar-refractivity contribution in [2.45, 2.75) is 18.9 Å². The van der Waals surface area contributed by atoms with E-state index in [2.05, 4.69) is 10.6 Å². The van der Waals surface area contributed by atoms with Crippen LogP contribution in [0, 0.1) is 0 Å². The van der Waals surface area contributed by atoms with Crippen LogP contribution in [0.15, 0.2) is 24.3 Å². The van der Waals surface area contributed by atoms with Crippen LogP contribution in [0.1, 0.15) is 23.2 Å². The molecule has 6 nitrogen and oxygen atoms in total. The summed E-state index contributed by atoms with van der Waals surface area (Å²) in [6, 6.07) is 6.70. The number of carbonyl (C=O) groups is 1. The van der Waals surface area contributed by atoms with Crippen molar-refractivity contribution in [1.29, 1.82) is 0 Å². The van der Waals surface area contributed by atoms with Crippen LogP contribution in [0.2, 0.25) is 0 Å². The summed E-state index contributed by atoms with van der Waals surface area (Å²) >= 11 is 0. The van der Waals surface area contributed by atoms with Gasteiger partial charge in [-0.3, -0.25) is 4.79 Å². The van der Waals surface area contributed by atoms with Gasteiger partial charge in [-0.05, 0) is 37.1 Å². The van der Waals surface area contributed by atoms with Gasteiger partial charge in [0.25, 0.3) is 5.91 Å². The molecule has 0 spiro atoms. The van der Waals surface area contributed by atoms with E-state index in [1.165, 1.54) is 0 Å². The first-order valence-electron chi connectivity index (χ1n) is 6.85. The van der Waals surface area contributed by atoms with Crippen molar-refractivity contribution in [3.8, 4) is 0 Å². The minimum absolute atomic E-state index is 0.115. The second kappa shape index (κ2) is 6.91. The maximum absolute atomic E-state index is 11.9. The van der Waals surface area contributed by atoms with Gasteiger partial charge in [0.1, 0.15) is 5.88 Å². The van der Waals surface area contributed by atoms with Crippen molar-refractivity contribution in [3.05, 3.63) is 29.8 Å². The van der Waals surface area contributed by atoms with E-state index in [1.807, 2.05) is 0 Å². The Hall–Kier alpha value is -1.60. The molecule has 1 atom stereocenters. The zero-order valence-corrected chi connectivity index (χ0v) is 12.8. The van der Waals surface area contributed by atoms with Crippen LogP contribution in [0.5, 0.6) is 0 Å². The predicted octanol–water partition coefficient (Wildman–Crippen LogP) is 1.01. The Morgan fingerprint density at radius 3 is 2.62 bits per heavy atom. The Balaban J connectivity index is 1.84. The second-order valence-corrected chi connectivity index (χ2v) is 7.31. The lowest BCUT2D eigenvalue weighted by Gasteiger charge is -2.11. The van der Waals surface area contributed by atoms with E-state index in [0.717, 1.165) is 25.7 Å². The van der Waals surface area contributed by atoms with Gasteiger partial charge in [0.15, 0.2) is 9.84 Å². The van der Waals surface area contributed by atoms with Crippen molar-refractivity contribution < 1.29 is 17.9 Å². The topological polar surface area (TPSA) is 84.5 Å². The van der Waals surface area contributed by atoms with Gasteiger partial charge < -0.3 is 15.4 Å². The number of hydrogen-bond donors (Lipinski definition) is 2. The maximum atomic E-state index is 11.9. The fourth-order valence-electron chi connectivity index (χ4n) is 2.07. The number of ether oxygens (including phenoxy) is 1. The molecule has 1 aromatic rings. The lowest BCUT2D eigenvalue weighted by Crippen LogP contribution is -2.31. The first kappa shape index (κ1) is 15.8. The third-order valence-electron chi connectivity index (χ3n) is 3.20. The van der Waals surface area contributed by atoms with Crippen LogP contribution < -0.4 is 10.6 Å². The second-order valence-electron chi connectivity index (χ2n) is 5.17. The molecule has 1 unspecified atom stereocenters. The van der Waals surface area contributed by atoms with Gasteiger partial charge in [-0.25, -0.2) is 8.42 Å². The van der Waals surface area contributed by atoms with Crippen molar-refractivity contribution in [2.24, 2.45) is 0 Å². The number of nitrogens with one attached hydrogen (secondary N) is 2. The van der Waals surface area contributed by atoms with Gasteiger partial charge in [0.05, 0.1) is 6.10 Å². The van der Waals surface area contributed by atoms with Crippen molar-refractivity contribution >= 4 is 21.4 Å². The van der Waals surface area contributed by atoms with Crippen LogP contribution in [-0.4, -0.2) is 45.7 Å². The molecule has 1 amide bonds. The largest absolute Gasteiger partial charge is 0.376 e. The summed E-state index contributed by atoms with van der Waals surface area (Å²) in [6.07, 6.45) is 3.30. The predicted molar refractivity (Wildman–Crippen MR) is 81.1 cm³/mol. The lowest BCUT2D eigenvalue weighted by atomic mass is 10.2. The van der Waals surface area contributed by atoms with E-state index in [0.29, 0.717) is 17.8 Å². The van der Waals surface area contributed by atoms with Crippen LogP contribution in [0.25, 0.3) is 0 Å². The fourth-order valence-corrected chi connectivity index (χ4v) is 2.50. The number of sulfone groups is 1. The molecule has 1 aliphatic heterocycles. The molecule has 0 radical (unpaired) electrons. The maximum Gasteiger partial charge on any atom is 0.251 e. The van der Waals surface area contributed by atoms with Gasteiger partial charge in [-0.15, -0.1) is 0 Å². The van der Waals surface area contributed by atoms with Gasteiger partial charge >= 0.3 is 0 Å². The third-order valence-corrected chi connectivity index (χ3v) is 3.87. The molecule has 0 aromatic heterocycles. The molecule has 0 aliphatic carbocycles. The van der Waals surface area contributed by atoms with E-state index >= 15 is 0 Å². The van der Waals surface area contributed by atoms with Crippen LogP contribution in [0.4, 0.5) is 5.69 Å². The molecule has 1 heterocycles. The van der Waals surface area contributed by atoms with Gasteiger partial charge in [-0.1, -0.05) is 0 Å². The van der Waals surface area contributed by atoms with Crippen molar-refractivity contribution in [3.63, 3.8) is 0 Å². The smallest absolute Gasteiger partial charge is 0.251 e. The van der Waals surface area contributed by atoms with Crippen molar-refractivity contribution in [1.82, 2.24) is 5.32 Å². The highest BCUT2D eigenvalue weighted by molar-refractivity contribution is 7.90. The number of amides is 1. The molecular formula is C14H20N2O4S. The SMILES string of the molecule is CS(=O)(=O)CNc1ccc(C(=O)NCC2CCCO2)cc1. The van der Waals surface area contributed by atoms with E-state index in [1.54, 1.807) is 24.3 Å². The van der Waals surface area contributed by atoms with E-state index < -0.39 is 9.84 Å². The minimum atomic E-state index is -3.07. The molecule has 7 heteroatoms. The summed E-state index contributed by atoms with van der Waals surface area (Å²) < 4.78 is 27.5. The number of anilines is 1. The van der Waals surface area contributed by atoms with E-state index in [9.17, 15) is 13.2 Å². The van der Waals surface area contributed by atoms with Gasteiger partial charge in [0, 0.05) is 30.7 Å². The highest BCUT2D eigenvalue weighted by atomic mass is 32.2. The van der Waals surface area contributed by atoms with E-state index in [-0.39, 0.29) is 17.9 Å². The summed E-state index contributed by atoms with van der Waals surface area (Å²) in [6.45, 7) is 1.29. The standard InChI is InChI=1S/C14H20N2O4S/c1-21(18,19)10-16-12-6-4-11(5-7-12)14(17)15-9-13-3-2-8-20-13/h4-7,13,16H,2-3,8-10H2,1H3,(H,15,17). The lowest BCUT2D eigenvalue weighted by molar-refractivity contribution is 0.0858. The average Bonchev–Trinajstić information content (AvgIpc) is 2.95.